The third-order valence-electron chi connectivity index (χ3n) is 2.61. The molecule has 0 aliphatic rings. The molecule has 0 atom stereocenters. The summed E-state index contributed by atoms with van der Waals surface area (Å²) in [5, 5.41) is 8.45. The zero-order valence-electron chi connectivity index (χ0n) is 11.1. The number of ether oxygens (including phenoxy) is 1. The summed E-state index contributed by atoms with van der Waals surface area (Å²) in [4.78, 5) is 12.0. The topological polar surface area (TPSA) is 61.9 Å². The molecule has 0 aliphatic heterocycles. The van der Waals surface area contributed by atoms with Crippen LogP contribution in [-0.4, -0.2) is 32.1 Å². The van der Waals surface area contributed by atoms with Gasteiger partial charge in [-0.05, 0) is 29.8 Å². The fourth-order valence-corrected chi connectivity index (χ4v) is 2.24. The summed E-state index contributed by atoms with van der Waals surface area (Å²) in [5.74, 6) is -0.376. The molecular formula is C12H15BrN4O2. The molecule has 0 radical (unpaired) electrons. The minimum atomic E-state index is -0.376. The van der Waals surface area contributed by atoms with E-state index >= 15 is 0 Å². The van der Waals surface area contributed by atoms with Gasteiger partial charge in [-0.1, -0.05) is 0 Å². The Balaban J connectivity index is 2.34. The molecular weight excluding hydrogens is 312 g/mol. The van der Waals surface area contributed by atoms with Crippen molar-refractivity contribution in [1.82, 2.24) is 19.6 Å². The quantitative estimate of drug-likeness (QED) is 0.805. The van der Waals surface area contributed by atoms with Crippen LogP contribution in [0.1, 0.15) is 28.7 Å². The smallest absolute Gasteiger partial charge is 0.357 e. The van der Waals surface area contributed by atoms with Gasteiger partial charge in [-0.25, -0.2) is 4.79 Å². The maximum Gasteiger partial charge on any atom is 0.357 e. The van der Waals surface area contributed by atoms with Crippen molar-refractivity contribution >= 4 is 21.9 Å². The monoisotopic (exact) mass is 326 g/mol. The van der Waals surface area contributed by atoms with Crippen LogP contribution in [0.2, 0.25) is 0 Å². The van der Waals surface area contributed by atoms with Gasteiger partial charge in [0, 0.05) is 18.8 Å². The maximum atomic E-state index is 12.0. The standard InChI is InChI=1S/C12H15BrN4O2/c1-4-19-12(18)11-10(13)8(2)15-17(11)7-9-5-14-16(3)6-9/h5-6H,4,7H2,1-3H3. The van der Waals surface area contributed by atoms with E-state index in [1.54, 1.807) is 22.5 Å². The van der Waals surface area contributed by atoms with Crippen LogP contribution in [0, 0.1) is 6.92 Å². The molecule has 0 saturated carbocycles. The molecule has 102 valence electrons. The van der Waals surface area contributed by atoms with E-state index in [4.69, 9.17) is 4.74 Å². The molecule has 0 spiro atoms. The van der Waals surface area contributed by atoms with Gasteiger partial charge in [0.2, 0.25) is 0 Å². The zero-order valence-corrected chi connectivity index (χ0v) is 12.6. The molecule has 0 aliphatic carbocycles. The molecule has 0 bridgehead atoms. The lowest BCUT2D eigenvalue weighted by Gasteiger charge is -2.06. The second-order valence-electron chi connectivity index (χ2n) is 4.15. The SMILES string of the molecule is CCOC(=O)c1c(Br)c(C)nn1Cc1cnn(C)c1. The van der Waals surface area contributed by atoms with Crippen molar-refractivity contribution in [1.29, 1.82) is 0 Å². The fourth-order valence-electron chi connectivity index (χ4n) is 1.79. The van der Waals surface area contributed by atoms with Gasteiger partial charge in [0.25, 0.3) is 0 Å². The Hall–Kier alpha value is -1.63. The Bertz CT molecular complexity index is 603. The lowest BCUT2D eigenvalue weighted by Crippen LogP contribution is -2.14. The van der Waals surface area contributed by atoms with Gasteiger partial charge in [-0.3, -0.25) is 9.36 Å². The highest BCUT2D eigenvalue weighted by molar-refractivity contribution is 9.10. The van der Waals surface area contributed by atoms with E-state index in [1.807, 2.05) is 20.2 Å². The van der Waals surface area contributed by atoms with Crippen LogP contribution < -0.4 is 0 Å². The van der Waals surface area contributed by atoms with E-state index < -0.39 is 0 Å². The highest BCUT2D eigenvalue weighted by Gasteiger charge is 2.21. The molecule has 7 heteroatoms. The van der Waals surface area contributed by atoms with E-state index in [-0.39, 0.29) is 5.97 Å². The average molecular weight is 327 g/mol. The van der Waals surface area contributed by atoms with Crippen LogP contribution in [-0.2, 0) is 18.3 Å². The van der Waals surface area contributed by atoms with Crippen molar-refractivity contribution in [2.45, 2.75) is 20.4 Å². The Morgan fingerprint density at radius 1 is 1.53 bits per heavy atom. The summed E-state index contributed by atoms with van der Waals surface area (Å²) < 4.78 is 9.08. The molecule has 2 aromatic rings. The Labute approximate surface area is 119 Å². The number of aromatic nitrogens is 4. The Kier molecular flexibility index (Phi) is 4.04. The number of carbonyl (C=O) groups excluding carboxylic acids is 1. The van der Waals surface area contributed by atoms with Crippen molar-refractivity contribution in [2.75, 3.05) is 6.61 Å². The van der Waals surface area contributed by atoms with Crippen molar-refractivity contribution in [3.8, 4) is 0 Å². The fraction of sp³-hybridized carbons (Fsp3) is 0.417. The number of nitrogens with zero attached hydrogens (tertiary/aromatic N) is 4. The number of aryl methyl sites for hydroxylation is 2. The van der Waals surface area contributed by atoms with Crippen LogP contribution >= 0.6 is 15.9 Å². The van der Waals surface area contributed by atoms with Gasteiger partial charge < -0.3 is 4.74 Å². The summed E-state index contributed by atoms with van der Waals surface area (Å²) in [6, 6.07) is 0. The minimum Gasteiger partial charge on any atom is -0.461 e. The second-order valence-corrected chi connectivity index (χ2v) is 4.94. The maximum absolute atomic E-state index is 12.0. The summed E-state index contributed by atoms with van der Waals surface area (Å²) >= 11 is 3.39. The van der Waals surface area contributed by atoms with E-state index in [9.17, 15) is 4.79 Å². The molecule has 0 unspecified atom stereocenters. The number of rotatable bonds is 4. The van der Waals surface area contributed by atoms with Crippen molar-refractivity contribution in [3.05, 3.63) is 33.8 Å². The van der Waals surface area contributed by atoms with Gasteiger partial charge >= 0.3 is 5.97 Å². The van der Waals surface area contributed by atoms with Crippen LogP contribution in [0.4, 0.5) is 0 Å². The molecule has 2 heterocycles. The normalized spacial score (nSPS) is 10.7. The first kappa shape index (κ1) is 13.8. The van der Waals surface area contributed by atoms with E-state index in [1.165, 1.54) is 0 Å². The molecule has 19 heavy (non-hydrogen) atoms. The van der Waals surface area contributed by atoms with Gasteiger partial charge in [0.1, 0.15) is 0 Å². The third-order valence-corrected chi connectivity index (χ3v) is 3.56. The molecule has 2 rings (SSSR count). The molecule has 0 fully saturated rings. The Morgan fingerprint density at radius 3 is 2.84 bits per heavy atom. The summed E-state index contributed by atoms with van der Waals surface area (Å²) in [7, 11) is 1.85. The van der Waals surface area contributed by atoms with Crippen LogP contribution in [0.25, 0.3) is 0 Å². The number of esters is 1. The highest BCUT2D eigenvalue weighted by Crippen LogP contribution is 2.22. The predicted molar refractivity (Wildman–Crippen MR) is 72.9 cm³/mol. The molecule has 0 saturated heterocycles. The minimum absolute atomic E-state index is 0.336. The number of halogens is 1. The first-order valence-electron chi connectivity index (χ1n) is 5.90. The van der Waals surface area contributed by atoms with Crippen molar-refractivity contribution < 1.29 is 9.53 Å². The van der Waals surface area contributed by atoms with Crippen molar-refractivity contribution in [2.24, 2.45) is 7.05 Å². The van der Waals surface area contributed by atoms with Gasteiger partial charge in [0.15, 0.2) is 5.69 Å². The molecule has 2 aromatic heterocycles. The van der Waals surface area contributed by atoms with Crippen LogP contribution in [0.15, 0.2) is 16.9 Å². The van der Waals surface area contributed by atoms with Crippen LogP contribution in [0.3, 0.4) is 0 Å². The third kappa shape index (κ3) is 2.86. The van der Waals surface area contributed by atoms with Gasteiger partial charge in [0.05, 0.1) is 29.5 Å². The first-order valence-corrected chi connectivity index (χ1v) is 6.69. The second kappa shape index (κ2) is 5.56. The van der Waals surface area contributed by atoms with Gasteiger partial charge in [-0.15, -0.1) is 0 Å². The molecule has 0 amide bonds. The summed E-state index contributed by atoms with van der Waals surface area (Å²) in [6.45, 7) is 4.43. The largest absolute Gasteiger partial charge is 0.461 e. The van der Waals surface area contributed by atoms with Gasteiger partial charge in [-0.2, -0.15) is 10.2 Å². The summed E-state index contributed by atoms with van der Waals surface area (Å²) in [5.41, 5.74) is 2.16. The summed E-state index contributed by atoms with van der Waals surface area (Å²) in [6.07, 6.45) is 3.64. The molecule has 0 N–H and O–H groups in total. The average Bonchev–Trinajstić information content (AvgIpc) is 2.85. The highest BCUT2D eigenvalue weighted by atomic mass is 79.9. The first-order chi connectivity index (χ1) is 9.02. The zero-order chi connectivity index (χ0) is 14.0. The Morgan fingerprint density at radius 2 is 2.26 bits per heavy atom. The lowest BCUT2D eigenvalue weighted by atomic mass is 10.3. The number of hydrogen-bond donors (Lipinski definition) is 0. The number of carbonyl (C=O) groups is 1. The molecule has 6 nitrogen and oxygen atoms in total. The number of hydrogen-bond acceptors (Lipinski definition) is 4. The lowest BCUT2D eigenvalue weighted by molar-refractivity contribution is 0.0511. The van der Waals surface area contributed by atoms with Crippen LogP contribution in [0.5, 0.6) is 0 Å². The van der Waals surface area contributed by atoms with E-state index in [0.717, 1.165) is 11.3 Å². The van der Waals surface area contributed by atoms with Crippen molar-refractivity contribution in [3.63, 3.8) is 0 Å². The molecule has 0 aromatic carbocycles. The van der Waals surface area contributed by atoms with E-state index in [2.05, 4.69) is 26.1 Å². The predicted octanol–water partition coefficient (Wildman–Crippen LogP) is 1.91. The van der Waals surface area contributed by atoms with E-state index in [0.29, 0.717) is 23.3 Å².